The molecule has 1 atom stereocenters. The van der Waals surface area contributed by atoms with Crippen LogP contribution in [-0.4, -0.2) is 29.1 Å². The molecule has 1 unspecified atom stereocenters. The summed E-state index contributed by atoms with van der Waals surface area (Å²) in [5, 5.41) is 15.1. The minimum Gasteiger partial charge on any atom is -0.480 e. The molecule has 0 aliphatic carbocycles. The Morgan fingerprint density at radius 1 is 1.40 bits per heavy atom. The Kier molecular flexibility index (Phi) is 4.09. The molecule has 1 aliphatic heterocycles. The number of carbonyl (C=O) groups is 2. The number of carboxylic acid groups (broad SMARTS) is 1. The van der Waals surface area contributed by atoms with E-state index in [1.165, 1.54) is 12.5 Å². The van der Waals surface area contributed by atoms with Crippen LogP contribution < -0.4 is 10.6 Å². The number of fused-ring (bicyclic) bond motifs is 1. The molecule has 3 N–H and O–H groups in total. The SMILES string of the molecule is CCC(C)(NC(=O)c1ccc2c(c1)CNCC2)C(=O)O. The van der Waals surface area contributed by atoms with E-state index in [1.807, 2.05) is 12.1 Å². The molecule has 0 bridgehead atoms. The van der Waals surface area contributed by atoms with Crippen LogP contribution in [0, 0.1) is 0 Å². The van der Waals surface area contributed by atoms with Crippen molar-refractivity contribution in [2.45, 2.75) is 38.8 Å². The number of carbonyl (C=O) groups excluding carboxylic acids is 1. The Bertz CT molecular complexity index is 542. The number of hydrogen-bond donors (Lipinski definition) is 3. The minimum absolute atomic E-state index is 0.334. The molecule has 0 aromatic heterocycles. The second kappa shape index (κ2) is 5.63. The molecule has 0 saturated carbocycles. The van der Waals surface area contributed by atoms with Gasteiger partial charge >= 0.3 is 5.97 Å². The summed E-state index contributed by atoms with van der Waals surface area (Å²) in [4.78, 5) is 23.4. The molecule has 108 valence electrons. The maximum atomic E-state index is 12.2. The molecular weight excluding hydrogens is 256 g/mol. The lowest BCUT2D eigenvalue weighted by atomic mass is 9.96. The van der Waals surface area contributed by atoms with Gasteiger partial charge in [-0.2, -0.15) is 0 Å². The Morgan fingerprint density at radius 2 is 2.15 bits per heavy atom. The molecule has 1 aromatic carbocycles. The average molecular weight is 276 g/mol. The summed E-state index contributed by atoms with van der Waals surface area (Å²) in [7, 11) is 0. The van der Waals surface area contributed by atoms with E-state index >= 15 is 0 Å². The molecule has 0 saturated heterocycles. The van der Waals surface area contributed by atoms with Crippen molar-refractivity contribution in [3.63, 3.8) is 0 Å². The van der Waals surface area contributed by atoms with E-state index in [1.54, 1.807) is 13.0 Å². The van der Waals surface area contributed by atoms with Gasteiger partial charge in [-0.1, -0.05) is 13.0 Å². The second-order valence-corrected chi connectivity index (χ2v) is 5.36. The highest BCUT2D eigenvalue weighted by molar-refractivity contribution is 5.98. The average Bonchev–Trinajstić information content (AvgIpc) is 2.46. The topological polar surface area (TPSA) is 78.4 Å². The number of benzene rings is 1. The van der Waals surface area contributed by atoms with E-state index < -0.39 is 11.5 Å². The van der Waals surface area contributed by atoms with Gasteiger partial charge < -0.3 is 15.7 Å². The molecule has 1 amide bonds. The third kappa shape index (κ3) is 2.82. The van der Waals surface area contributed by atoms with Crippen LogP contribution in [0.2, 0.25) is 0 Å². The van der Waals surface area contributed by atoms with Crippen LogP contribution >= 0.6 is 0 Å². The molecule has 1 heterocycles. The molecule has 1 aliphatic rings. The highest BCUT2D eigenvalue weighted by Crippen LogP contribution is 2.17. The number of aliphatic carboxylic acids is 1. The van der Waals surface area contributed by atoms with Crippen LogP contribution in [0.5, 0.6) is 0 Å². The first kappa shape index (κ1) is 14.5. The fourth-order valence-electron chi connectivity index (χ4n) is 2.24. The zero-order chi connectivity index (χ0) is 14.8. The normalized spacial score (nSPS) is 16.9. The summed E-state index contributed by atoms with van der Waals surface area (Å²) < 4.78 is 0. The Hall–Kier alpha value is -1.88. The summed E-state index contributed by atoms with van der Waals surface area (Å²) in [6, 6.07) is 5.56. The third-order valence-electron chi connectivity index (χ3n) is 3.92. The van der Waals surface area contributed by atoms with Crippen molar-refractivity contribution in [3.8, 4) is 0 Å². The number of rotatable bonds is 4. The van der Waals surface area contributed by atoms with Crippen LogP contribution in [0.15, 0.2) is 18.2 Å². The molecule has 5 heteroatoms. The molecule has 5 nitrogen and oxygen atoms in total. The zero-order valence-corrected chi connectivity index (χ0v) is 11.8. The molecule has 0 fully saturated rings. The zero-order valence-electron chi connectivity index (χ0n) is 11.8. The predicted molar refractivity (Wildman–Crippen MR) is 75.7 cm³/mol. The highest BCUT2D eigenvalue weighted by atomic mass is 16.4. The first-order chi connectivity index (χ1) is 9.46. The van der Waals surface area contributed by atoms with E-state index in [4.69, 9.17) is 0 Å². The van der Waals surface area contributed by atoms with Crippen molar-refractivity contribution in [1.82, 2.24) is 10.6 Å². The van der Waals surface area contributed by atoms with Crippen molar-refractivity contribution in [2.75, 3.05) is 6.54 Å². The Labute approximate surface area is 118 Å². The van der Waals surface area contributed by atoms with Gasteiger partial charge in [0.2, 0.25) is 0 Å². The number of amides is 1. The third-order valence-corrected chi connectivity index (χ3v) is 3.92. The van der Waals surface area contributed by atoms with Gasteiger partial charge in [-0.15, -0.1) is 0 Å². The summed E-state index contributed by atoms with van der Waals surface area (Å²) in [6.07, 6.45) is 1.29. The van der Waals surface area contributed by atoms with Crippen LogP contribution in [0.3, 0.4) is 0 Å². The van der Waals surface area contributed by atoms with Crippen molar-refractivity contribution >= 4 is 11.9 Å². The monoisotopic (exact) mass is 276 g/mol. The first-order valence-corrected chi connectivity index (χ1v) is 6.84. The van der Waals surface area contributed by atoms with Gasteiger partial charge in [0, 0.05) is 12.1 Å². The summed E-state index contributed by atoms with van der Waals surface area (Å²) in [5.74, 6) is -1.36. The first-order valence-electron chi connectivity index (χ1n) is 6.84. The number of carboxylic acids is 1. The molecule has 1 aromatic rings. The fraction of sp³-hybridized carbons (Fsp3) is 0.467. The van der Waals surface area contributed by atoms with Gasteiger partial charge in [0.25, 0.3) is 5.91 Å². The lowest BCUT2D eigenvalue weighted by molar-refractivity contribution is -0.143. The van der Waals surface area contributed by atoms with Crippen molar-refractivity contribution in [1.29, 1.82) is 0 Å². The standard InChI is InChI=1S/C15H20N2O3/c1-3-15(2,14(19)20)17-13(18)11-5-4-10-6-7-16-9-12(10)8-11/h4-5,8,16H,3,6-7,9H2,1-2H3,(H,17,18)(H,19,20). The highest BCUT2D eigenvalue weighted by Gasteiger charge is 2.33. The molecule has 20 heavy (non-hydrogen) atoms. The van der Waals surface area contributed by atoms with E-state index in [2.05, 4.69) is 10.6 Å². The van der Waals surface area contributed by atoms with Crippen molar-refractivity contribution in [3.05, 3.63) is 34.9 Å². The van der Waals surface area contributed by atoms with Gasteiger partial charge in [-0.25, -0.2) is 4.79 Å². The smallest absolute Gasteiger partial charge is 0.329 e. The molecular formula is C15H20N2O3. The minimum atomic E-state index is -1.23. The van der Waals surface area contributed by atoms with Gasteiger partial charge in [-0.05, 0) is 49.6 Å². The lowest BCUT2D eigenvalue weighted by Gasteiger charge is -2.25. The maximum Gasteiger partial charge on any atom is 0.329 e. The Balaban J connectivity index is 2.19. The second-order valence-electron chi connectivity index (χ2n) is 5.36. The number of hydrogen-bond acceptors (Lipinski definition) is 3. The van der Waals surface area contributed by atoms with Crippen LogP contribution in [0.1, 0.15) is 41.8 Å². The molecule has 0 radical (unpaired) electrons. The van der Waals surface area contributed by atoms with Crippen molar-refractivity contribution in [2.24, 2.45) is 0 Å². The van der Waals surface area contributed by atoms with Gasteiger partial charge in [0.15, 0.2) is 0 Å². The van der Waals surface area contributed by atoms with Crippen LogP contribution in [0.25, 0.3) is 0 Å². The summed E-state index contributed by atoms with van der Waals surface area (Å²) >= 11 is 0. The molecule has 0 spiro atoms. The van der Waals surface area contributed by atoms with Gasteiger partial charge in [-0.3, -0.25) is 4.79 Å². The van der Waals surface area contributed by atoms with E-state index in [9.17, 15) is 14.7 Å². The molecule has 2 rings (SSSR count). The maximum absolute atomic E-state index is 12.2. The fourth-order valence-corrected chi connectivity index (χ4v) is 2.24. The van der Waals surface area contributed by atoms with Crippen LogP contribution in [0.4, 0.5) is 0 Å². The quantitative estimate of drug-likeness (QED) is 0.775. The predicted octanol–water partition coefficient (Wildman–Crippen LogP) is 1.32. The van der Waals surface area contributed by atoms with E-state index in [0.717, 1.165) is 25.1 Å². The van der Waals surface area contributed by atoms with E-state index in [-0.39, 0.29) is 5.91 Å². The van der Waals surface area contributed by atoms with Crippen molar-refractivity contribution < 1.29 is 14.7 Å². The van der Waals surface area contributed by atoms with Gasteiger partial charge in [0.1, 0.15) is 5.54 Å². The summed E-state index contributed by atoms with van der Waals surface area (Å²) in [6.45, 7) is 4.96. The van der Waals surface area contributed by atoms with Crippen LogP contribution in [-0.2, 0) is 17.8 Å². The Morgan fingerprint density at radius 3 is 2.80 bits per heavy atom. The van der Waals surface area contributed by atoms with Gasteiger partial charge in [0.05, 0.1) is 0 Å². The largest absolute Gasteiger partial charge is 0.480 e. The lowest BCUT2D eigenvalue weighted by Crippen LogP contribution is -2.51. The summed E-state index contributed by atoms with van der Waals surface area (Å²) in [5.41, 5.74) is 1.63. The van der Waals surface area contributed by atoms with E-state index in [0.29, 0.717) is 12.0 Å². The number of nitrogens with one attached hydrogen (secondary N) is 2.